The summed E-state index contributed by atoms with van der Waals surface area (Å²) in [4.78, 5) is 28.7. The zero-order valence-electron chi connectivity index (χ0n) is 17.3. The van der Waals surface area contributed by atoms with Gasteiger partial charge in [0.1, 0.15) is 0 Å². The van der Waals surface area contributed by atoms with Crippen LogP contribution in [0.4, 0.5) is 5.69 Å². The van der Waals surface area contributed by atoms with Gasteiger partial charge in [-0.25, -0.2) is 8.42 Å². The quantitative estimate of drug-likeness (QED) is 0.688. The second kappa shape index (κ2) is 7.54. The van der Waals surface area contributed by atoms with Crippen molar-refractivity contribution in [3.63, 3.8) is 0 Å². The van der Waals surface area contributed by atoms with Gasteiger partial charge in [0.25, 0.3) is 0 Å². The van der Waals surface area contributed by atoms with Crippen molar-refractivity contribution in [1.29, 1.82) is 0 Å². The third-order valence-electron chi connectivity index (χ3n) is 6.15. The van der Waals surface area contributed by atoms with E-state index in [0.717, 1.165) is 11.3 Å². The molecule has 1 saturated heterocycles. The molecule has 1 aliphatic carbocycles. The first kappa shape index (κ1) is 20.6. The lowest BCUT2D eigenvalue weighted by Crippen LogP contribution is -2.53. The molecule has 0 aromatic heterocycles. The second-order valence-corrected chi connectivity index (χ2v) is 10.5. The predicted molar refractivity (Wildman–Crippen MR) is 116 cm³/mol. The van der Waals surface area contributed by atoms with E-state index in [1.165, 1.54) is 6.92 Å². The smallest absolute Gasteiger partial charge is 0.244 e. The van der Waals surface area contributed by atoms with E-state index in [0.29, 0.717) is 44.6 Å². The summed E-state index contributed by atoms with van der Waals surface area (Å²) in [5.41, 5.74) is 2.66. The normalized spacial score (nSPS) is 18.2. The predicted octanol–water partition coefficient (Wildman–Crippen LogP) is 2.85. The molecule has 0 radical (unpaired) electrons. The maximum absolute atomic E-state index is 13.2. The molecule has 1 saturated carbocycles. The van der Waals surface area contributed by atoms with Crippen LogP contribution in [0, 0.1) is 6.92 Å². The summed E-state index contributed by atoms with van der Waals surface area (Å²) in [6.07, 6.45) is 0.767. The summed E-state index contributed by atoms with van der Waals surface area (Å²) in [6, 6.07) is 14.2. The largest absolute Gasteiger partial charge is 0.368 e. The van der Waals surface area contributed by atoms with Crippen LogP contribution in [0.15, 0.2) is 53.4 Å². The van der Waals surface area contributed by atoms with Gasteiger partial charge in [-0.3, -0.25) is 9.59 Å². The average molecular weight is 427 g/mol. The van der Waals surface area contributed by atoms with Crippen LogP contribution >= 0.6 is 0 Å². The van der Waals surface area contributed by atoms with E-state index in [1.54, 1.807) is 29.2 Å². The molecule has 2 aromatic rings. The monoisotopic (exact) mass is 426 g/mol. The van der Waals surface area contributed by atoms with E-state index >= 15 is 0 Å². The number of anilines is 1. The van der Waals surface area contributed by atoms with Crippen LogP contribution in [0.1, 0.15) is 35.7 Å². The van der Waals surface area contributed by atoms with Crippen molar-refractivity contribution in [2.45, 2.75) is 36.3 Å². The van der Waals surface area contributed by atoms with Crippen LogP contribution in [0.25, 0.3) is 0 Å². The Bertz CT molecular complexity index is 1060. The van der Waals surface area contributed by atoms with Gasteiger partial charge in [-0.05, 0) is 63.1 Å². The van der Waals surface area contributed by atoms with Gasteiger partial charge in [0.05, 0.1) is 4.90 Å². The summed E-state index contributed by atoms with van der Waals surface area (Å²) in [5, 5.41) is 0. The molecular weight excluding hydrogens is 400 g/mol. The summed E-state index contributed by atoms with van der Waals surface area (Å²) in [6.45, 7) is 5.67. The lowest BCUT2D eigenvalue weighted by molar-refractivity contribution is -0.131. The molecular formula is C23H26N2O4S. The number of aryl methyl sites for hydroxylation is 1. The van der Waals surface area contributed by atoms with Gasteiger partial charge in [-0.15, -0.1) is 0 Å². The fourth-order valence-electron chi connectivity index (χ4n) is 4.02. The fraction of sp³-hybridized carbons (Fsp3) is 0.391. The highest BCUT2D eigenvalue weighted by atomic mass is 32.2. The van der Waals surface area contributed by atoms with Gasteiger partial charge in [-0.2, -0.15) is 0 Å². The Morgan fingerprint density at radius 1 is 0.867 bits per heavy atom. The maximum Gasteiger partial charge on any atom is 0.244 e. The van der Waals surface area contributed by atoms with E-state index in [4.69, 9.17) is 0 Å². The molecule has 0 N–H and O–H groups in total. The Morgan fingerprint density at radius 3 is 1.93 bits per heavy atom. The number of sulfone groups is 1. The van der Waals surface area contributed by atoms with Gasteiger partial charge in [-0.1, -0.05) is 17.7 Å². The molecule has 1 heterocycles. The maximum atomic E-state index is 13.2. The van der Waals surface area contributed by atoms with Gasteiger partial charge < -0.3 is 9.80 Å². The van der Waals surface area contributed by atoms with E-state index in [-0.39, 0.29) is 16.6 Å². The Labute approximate surface area is 177 Å². The summed E-state index contributed by atoms with van der Waals surface area (Å²) >= 11 is 0. The number of Topliss-reactive ketones (excluding diaryl/α,β-unsaturated/α-hetero) is 1. The van der Waals surface area contributed by atoms with Gasteiger partial charge in [0.2, 0.25) is 5.91 Å². The molecule has 0 spiro atoms. The number of hydrogen-bond acceptors (Lipinski definition) is 5. The number of amides is 1. The van der Waals surface area contributed by atoms with Crippen LogP contribution in [0.3, 0.4) is 0 Å². The third-order valence-corrected chi connectivity index (χ3v) is 8.65. The van der Waals surface area contributed by atoms with E-state index in [2.05, 4.69) is 4.90 Å². The first-order valence-electron chi connectivity index (χ1n) is 10.2. The van der Waals surface area contributed by atoms with Crippen LogP contribution in [-0.2, 0) is 14.6 Å². The Kier molecular flexibility index (Phi) is 5.18. The lowest BCUT2D eigenvalue weighted by atomic mass is 10.1. The molecule has 7 heteroatoms. The Balaban J connectivity index is 1.45. The molecule has 0 unspecified atom stereocenters. The number of piperazine rings is 1. The SMILES string of the molecule is CC(=O)c1ccc(N2CCN(C(=O)C3(S(=O)(=O)c4ccc(C)cc4)CC3)CC2)cc1. The molecule has 30 heavy (non-hydrogen) atoms. The van der Waals surface area contributed by atoms with E-state index in [9.17, 15) is 18.0 Å². The van der Waals surface area contributed by atoms with Crippen molar-refractivity contribution in [3.05, 3.63) is 59.7 Å². The van der Waals surface area contributed by atoms with Crippen molar-refractivity contribution in [2.24, 2.45) is 0 Å². The van der Waals surface area contributed by atoms with Crippen molar-refractivity contribution in [1.82, 2.24) is 4.90 Å². The van der Waals surface area contributed by atoms with Gasteiger partial charge in [0, 0.05) is 37.4 Å². The number of carbonyl (C=O) groups is 2. The number of benzene rings is 2. The number of nitrogens with zero attached hydrogens (tertiary/aromatic N) is 2. The van der Waals surface area contributed by atoms with Crippen molar-refractivity contribution < 1.29 is 18.0 Å². The summed E-state index contributed by atoms with van der Waals surface area (Å²) in [5.74, 6) is -0.240. The standard InChI is InChI=1S/C23H26N2O4S/c1-17-3-9-21(10-4-17)30(28,29)23(11-12-23)22(27)25-15-13-24(14-16-25)20-7-5-19(6-8-20)18(2)26/h3-10H,11-16H2,1-2H3. The molecule has 2 aliphatic rings. The number of rotatable bonds is 5. The zero-order chi connectivity index (χ0) is 21.5. The molecule has 2 fully saturated rings. The topological polar surface area (TPSA) is 74.8 Å². The van der Waals surface area contributed by atoms with Crippen molar-refractivity contribution in [3.8, 4) is 0 Å². The average Bonchev–Trinajstić information content (AvgIpc) is 3.56. The van der Waals surface area contributed by atoms with Gasteiger partial charge in [0.15, 0.2) is 20.4 Å². The first-order valence-corrected chi connectivity index (χ1v) is 11.7. The minimum atomic E-state index is -3.71. The highest BCUT2D eigenvalue weighted by molar-refractivity contribution is 7.94. The number of carbonyl (C=O) groups excluding carboxylic acids is 2. The summed E-state index contributed by atoms with van der Waals surface area (Å²) < 4.78 is 25.1. The van der Waals surface area contributed by atoms with Gasteiger partial charge >= 0.3 is 0 Å². The molecule has 6 nitrogen and oxygen atoms in total. The number of hydrogen-bond donors (Lipinski definition) is 0. The molecule has 1 amide bonds. The minimum absolute atomic E-state index is 0.0292. The molecule has 0 bridgehead atoms. The van der Waals surface area contributed by atoms with Crippen molar-refractivity contribution in [2.75, 3.05) is 31.1 Å². The number of ketones is 1. The molecule has 0 atom stereocenters. The van der Waals surface area contributed by atoms with Crippen LogP contribution in [0.5, 0.6) is 0 Å². The lowest BCUT2D eigenvalue weighted by Gasteiger charge is -2.37. The minimum Gasteiger partial charge on any atom is -0.368 e. The zero-order valence-corrected chi connectivity index (χ0v) is 18.1. The van der Waals surface area contributed by atoms with E-state index < -0.39 is 14.6 Å². The summed E-state index contributed by atoms with van der Waals surface area (Å²) in [7, 11) is -3.71. The second-order valence-electron chi connectivity index (χ2n) is 8.19. The highest BCUT2D eigenvalue weighted by Gasteiger charge is 2.62. The third kappa shape index (κ3) is 3.51. The van der Waals surface area contributed by atoms with E-state index in [1.807, 2.05) is 31.2 Å². The Hall–Kier alpha value is -2.67. The van der Waals surface area contributed by atoms with Crippen LogP contribution < -0.4 is 4.90 Å². The Morgan fingerprint density at radius 2 is 1.43 bits per heavy atom. The molecule has 4 rings (SSSR count). The molecule has 2 aromatic carbocycles. The van der Waals surface area contributed by atoms with Crippen LogP contribution in [0.2, 0.25) is 0 Å². The molecule has 158 valence electrons. The van der Waals surface area contributed by atoms with Crippen molar-refractivity contribution >= 4 is 27.2 Å². The molecule has 1 aliphatic heterocycles. The van der Waals surface area contributed by atoms with Crippen LogP contribution in [-0.4, -0.2) is 55.9 Å². The highest BCUT2D eigenvalue weighted by Crippen LogP contribution is 2.48. The fourth-order valence-corrected chi connectivity index (χ4v) is 5.96. The first-order chi connectivity index (χ1) is 14.2.